The zero-order valence-corrected chi connectivity index (χ0v) is 10.5. The van der Waals surface area contributed by atoms with Crippen LogP contribution in [0.25, 0.3) is 0 Å². The van der Waals surface area contributed by atoms with Crippen LogP contribution in [0.3, 0.4) is 0 Å². The van der Waals surface area contributed by atoms with Gasteiger partial charge in [-0.25, -0.2) is 0 Å². The molecule has 1 N–H and O–H groups in total. The molecule has 0 amide bonds. The average molecular weight is 235 g/mol. The summed E-state index contributed by atoms with van der Waals surface area (Å²) in [6.45, 7) is 9.32. The van der Waals surface area contributed by atoms with Gasteiger partial charge in [0.2, 0.25) is 0 Å². The Morgan fingerprint density at radius 1 is 1.53 bits per heavy atom. The molecule has 1 aromatic rings. The van der Waals surface area contributed by atoms with E-state index in [0.29, 0.717) is 0 Å². The fourth-order valence-corrected chi connectivity index (χ4v) is 1.31. The fraction of sp³-hybridized carbons (Fsp3) is 0.778. The maximum Gasteiger partial charge on any atom is 0.286 e. The lowest BCUT2D eigenvalue weighted by Crippen LogP contribution is -2.67. The Kier molecular flexibility index (Phi) is 4.87. The van der Waals surface area contributed by atoms with Gasteiger partial charge in [-0.3, -0.25) is 10.4 Å². The Balaban J connectivity index is 0.00000196. The van der Waals surface area contributed by atoms with Gasteiger partial charge in [0.15, 0.2) is 0 Å². The molecule has 0 bridgehead atoms. The Bertz CT molecular complexity index is 338. The fourth-order valence-electron chi connectivity index (χ4n) is 1.31. The lowest BCUT2D eigenvalue weighted by Gasteiger charge is -2.35. The Hall–Kier alpha value is -0.970. The van der Waals surface area contributed by atoms with Gasteiger partial charge in [-0.15, -0.1) is 12.4 Å². The summed E-state index contributed by atoms with van der Waals surface area (Å²) >= 11 is 0. The highest BCUT2D eigenvalue weighted by atomic mass is 35.5. The summed E-state index contributed by atoms with van der Waals surface area (Å²) in [5.74, 6) is 0. The molecule has 0 saturated carbocycles. The highest BCUT2D eigenvalue weighted by Crippen LogP contribution is 2.06. The van der Waals surface area contributed by atoms with Crippen molar-refractivity contribution >= 4 is 12.4 Å². The minimum atomic E-state index is -0.0238. The van der Waals surface area contributed by atoms with E-state index < -0.39 is 0 Å². The first-order valence-corrected chi connectivity index (χ1v) is 4.83. The molecule has 0 unspecified atom stereocenters. The van der Waals surface area contributed by atoms with E-state index in [2.05, 4.69) is 38.0 Å². The first-order valence-electron chi connectivity index (χ1n) is 4.83. The molecule has 0 atom stereocenters. The molecule has 5 nitrogen and oxygen atoms in total. The number of nitrogens with one attached hydrogen (secondary N) is 1. The topological polar surface area (TPSA) is 58.2 Å². The van der Waals surface area contributed by atoms with Crippen LogP contribution in [0.1, 0.15) is 34.1 Å². The van der Waals surface area contributed by atoms with Crippen molar-refractivity contribution in [2.24, 2.45) is 0 Å². The molecular formula is C9H19ClN4O. The summed E-state index contributed by atoms with van der Waals surface area (Å²) in [5.41, 5.74) is 0.0552. The van der Waals surface area contributed by atoms with E-state index in [1.54, 1.807) is 11.0 Å². The predicted molar refractivity (Wildman–Crippen MR) is 58.5 cm³/mol. The minimum absolute atomic E-state index is 0. The largest absolute Gasteiger partial charge is 0.380 e. The standard InChI is InChI=1S/C9H18N4O.ClH/c1-5-6-12(9(2,3)4)13-7-8(10)14-11-13;/h7,10H,5-6H2,1-4H3;1H. The van der Waals surface area contributed by atoms with E-state index in [-0.39, 0.29) is 23.5 Å². The van der Waals surface area contributed by atoms with Crippen LogP contribution in [0.5, 0.6) is 0 Å². The first-order chi connectivity index (χ1) is 6.45. The van der Waals surface area contributed by atoms with Crippen LogP contribution in [0, 0.1) is 5.41 Å². The molecule has 0 saturated heterocycles. The summed E-state index contributed by atoms with van der Waals surface area (Å²) in [6.07, 6.45) is 2.60. The third-order valence-electron chi connectivity index (χ3n) is 1.91. The van der Waals surface area contributed by atoms with E-state index in [4.69, 9.17) is 9.93 Å². The van der Waals surface area contributed by atoms with E-state index in [9.17, 15) is 0 Å². The normalized spacial score (nSPS) is 10.9. The number of hydrogen-bond acceptors (Lipinski definition) is 3. The maximum absolute atomic E-state index is 7.27. The van der Waals surface area contributed by atoms with Crippen molar-refractivity contribution in [3.05, 3.63) is 11.8 Å². The third kappa shape index (κ3) is 3.58. The van der Waals surface area contributed by atoms with Crippen LogP contribution < -0.4 is 20.6 Å². The number of halogens is 1. The van der Waals surface area contributed by atoms with Crippen LogP contribution in [0.15, 0.2) is 10.7 Å². The van der Waals surface area contributed by atoms with Crippen molar-refractivity contribution in [2.75, 3.05) is 11.6 Å². The van der Waals surface area contributed by atoms with Crippen molar-refractivity contribution in [2.45, 2.75) is 39.7 Å². The van der Waals surface area contributed by atoms with Gasteiger partial charge in [0.05, 0.1) is 0 Å². The smallest absolute Gasteiger partial charge is 0.286 e. The van der Waals surface area contributed by atoms with E-state index >= 15 is 0 Å². The summed E-state index contributed by atoms with van der Waals surface area (Å²) in [4.78, 5) is 1.60. The Morgan fingerprint density at radius 2 is 2.13 bits per heavy atom. The SMILES string of the molecule is CCCN([n+]1cc(=N)o[n-]1)C(C)(C)C.Cl. The van der Waals surface area contributed by atoms with Crippen molar-refractivity contribution in [3.63, 3.8) is 0 Å². The summed E-state index contributed by atoms with van der Waals surface area (Å²) in [6, 6.07) is 0. The maximum atomic E-state index is 7.27. The molecule has 0 aliphatic rings. The van der Waals surface area contributed by atoms with Crippen LogP contribution in [0.4, 0.5) is 0 Å². The third-order valence-corrected chi connectivity index (χ3v) is 1.91. The van der Waals surface area contributed by atoms with Gasteiger partial charge in [0.1, 0.15) is 0 Å². The van der Waals surface area contributed by atoms with Gasteiger partial charge in [-0.05, 0) is 5.27 Å². The van der Waals surface area contributed by atoms with Crippen molar-refractivity contribution in [1.29, 1.82) is 5.41 Å². The van der Waals surface area contributed by atoms with Crippen LogP contribution in [-0.2, 0) is 0 Å². The van der Waals surface area contributed by atoms with Gasteiger partial charge < -0.3 is 4.52 Å². The number of nitrogens with zero attached hydrogens (tertiary/aromatic N) is 3. The zero-order valence-electron chi connectivity index (χ0n) is 9.65. The highest BCUT2D eigenvalue weighted by Gasteiger charge is 2.21. The second-order valence-electron chi connectivity index (χ2n) is 4.28. The molecule has 0 aliphatic carbocycles. The highest BCUT2D eigenvalue weighted by molar-refractivity contribution is 5.85. The van der Waals surface area contributed by atoms with E-state index in [1.165, 1.54) is 0 Å². The second kappa shape index (κ2) is 5.21. The second-order valence-corrected chi connectivity index (χ2v) is 4.28. The molecule has 1 aromatic heterocycles. The van der Waals surface area contributed by atoms with Crippen molar-refractivity contribution in [1.82, 2.24) is 5.27 Å². The lowest BCUT2D eigenvalue weighted by molar-refractivity contribution is -0.770. The van der Waals surface area contributed by atoms with Crippen molar-refractivity contribution < 1.29 is 9.31 Å². The predicted octanol–water partition coefficient (Wildman–Crippen LogP) is 0.572. The van der Waals surface area contributed by atoms with Crippen LogP contribution in [-0.4, -0.2) is 12.1 Å². The molecule has 88 valence electrons. The molecule has 15 heavy (non-hydrogen) atoms. The average Bonchev–Trinajstić information content (AvgIpc) is 2.45. The molecule has 1 rings (SSSR count). The molecule has 0 radical (unpaired) electrons. The molecular weight excluding hydrogens is 216 g/mol. The monoisotopic (exact) mass is 234 g/mol. The van der Waals surface area contributed by atoms with Crippen LogP contribution in [0.2, 0.25) is 0 Å². The van der Waals surface area contributed by atoms with Crippen LogP contribution >= 0.6 is 12.4 Å². The Labute approximate surface area is 95.9 Å². The van der Waals surface area contributed by atoms with Gasteiger partial charge in [-0.2, -0.15) is 0 Å². The molecule has 6 heteroatoms. The molecule has 1 heterocycles. The molecule has 0 spiro atoms. The lowest BCUT2D eigenvalue weighted by atomic mass is 10.1. The first kappa shape index (κ1) is 14.0. The quantitative estimate of drug-likeness (QED) is 0.779. The van der Waals surface area contributed by atoms with Gasteiger partial charge in [0.25, 0.3) is 11.8 Å². The summed E-state index contributed by atoms with van der Waals surface area (Å²) in [5, 5.41) is 13.1. The summed E-state index contributed by atoms with van der Waals surface area (Å²) < 4.78 is 4.72. The number of rotatable bonds is 3. The van der Waals surface area contributed by atoms with E-state index in [1.807, 2.05) is 0 Å². The molecule has 0 aromatic carbocycles. The van der Waals surface area contributed by atoms with Gasteiger partial charge in [-0.1, -0.05) is 38.9 Å². The van der Waals surface area contributed by atoms with Gasteiger partial charge >= 0.3 is 0 Å². The van der Waals surface area contributed by atoms with Crippen molar-refractivity contribution in [3.8, 4) is 0 Å². The summed E-state index contributed by atoms with van der Waals surface area (Å²) in [7, 11) is 0. The minimum Gasteiger partial charge on any atom is -0.380 e. The van der Waals surface area contributed by atoms with Gasteiger partial charge in [0, 0.05) is 12.1 Å². The number of hydrogen-bond donors (Lipinski definition) is 1. The van der Waals surface area contributed by atoms with E-state index in [0.717, 1.165) is 13.0 Å². The Morgan fingerprint density at radius 3 is 2.47 bits per heavy atom. The molecule has 0 fully saturated rings. The molecule has 0 aliphatic heterocycles. The zero-order chi connectivity index (χ0) is 10.8. The number of aromatic nitrogens is 2.